The Bertz CT molecular complexity index is 1470. The predicted molar refractivity (Wildman–Crippen MR) is 120 cm³/mol. The summed E-state index contributed by atoms with van der Waals surface area (Å²) >= 11 is 0. The number of carbonyl (C=O) groups excluding carboxylic acids is 2. The number of nitrogens with one attached hydrogen (secondary N) is 1. The fourth-order valence-electron chi connectivity index (χ4n) is 4.81. The Balaban J connectivity index is 1.52. The van der Waals surface area contributed by atoms with Crippen molar-refractivity contribution in [3.63, 3.8) is 0 Å². The van der Waals surface area contributed by atoms with Gasteiger partial charge in [-0.3, -0.25) is 14.6 Å². The van der Waals surface area contributed by atoms with Crippen molar-refractivity contribution in [3.05, 3.63) is 60.0 Å². The molecular formula is C24H19FN6O2. The molecule has 4 aromatic rings. The molecule has 0 saturated heterocycles. The van der Waals surface area contributed by atoms with Crippen molar-refractivity contribution in [2.24, 2.45) is 5.73 Å². The van der Waals surface area contributed by atoms with Gasteiger partial charge in [0.2, 0.25) is 5.91 Å². The van der Waals surface area contributed by atoms with Gasteiger partial charge < -0.3 is 11.1 Å². The number of benzene rings is 1. The van der Waals surface area contributed by atoms with Crippen LogP contribution in [0.5, 0.6) is 0 Å². The highest BCUT2D eigenvalue weighted by Gasteiger charge is 2.47. The van der Waals surface area contributed by atoms with Gasteiger partial charge in [-0.2, -0.15) is 5.10 Å². The molecule has 1 fully saturated rings. The minimum absolute atomic E-state index is 0.140. The number of rotatable bonds is 3. The smallest absolute Gasteiger partial charge is 0.254 e. The third-order valence-electron chi connectivity index (χ3n) is 6.58. The van der Waals surface area contributed by atoms with E-state index in [0.717, 1.165) is 24.6 Å². The van der Waals surface area contributed by atoms with E-state index in [2.05, 4.69) is 15.3 Å². The molecule has 0 unspecified atom stereocenters. The molecule has 6 rings (SSSR count). The first-order chi connectivity index (χ1) is 15.9. The maximum Gasteiger partial charge on any atom is 0.254 e. The lowest BCUT2D eigenvalue weighted by molar-refractivity contribution is -0.120. The molecule has 3 aromatic heterocycles. The first kappa shape index (κ1) is 19.5. The number of nitrogens with zero attached hydrogens (tertiary/aromatic N) is 4. The van der Waals surface area contributed by atoms with E-state index in [9.17, 15) is 14.0 Å². The van der Waals surface area contributed by atoms with Crippen molar-refractivity contribution in [3.8, 4) is 22.6 Å². The van der Waals surface area contributed by atoms with Crippen LogP contribution in [0.4, 0.5) is 10.2 Å². The number of carbonyl (C=O) groups is 2. The third kappa shape index (κ3) is 2.92. The van der Waals surface area contributed by atoms with Gasteiger partial charge in [0, 0.05) is 17.1 Å². The van der Waals surface area contributed by atoms with E-state index >= 15 is 0 Å². The van der Waals surface area contributed by atoms with Crippen LogP contribution in [0.15, 0.2) is 48.7 Å². The van der Waals surface area contributed by atoms with Gasteiger partial charge in [-0.25, -0.2) is 14.1 Å². The molecule has 9 heteroatoms. The topological polar surface area (TPSA) is 116 Å². The summed E-state index contributed by atoms with van der Waals surface area (Å²) in [5.74, 6) is -0.913. The second-order valence-corrected chi connectivity index (χ2v) is 8.59. The Morgan fingerprint density at radius 2 is 1.97 bits per heavy atom. The SMILES string of the molecule is NC(=O)c1c(-c2ccc3ccc(-c4ncccc4F)nc3c2)nn2c1NC(=O)CC21CCC1. The van der Waals surface area contributed by atoms with Gasteiger partial charge >= 0.3 is 0 Å². The number of primary amides is 1. The van der Waals surface area contributed by atoms with E-state index in [4.69, 9.17) is 10.8 Å². The Kier molecular flexibility index (Phi) is 4.10. The standard InChI is InChI=1S/C24H19FN6O2/c25-15-3-1-10-27-21(15)16-7-6-13-4-5-14(11-17(13)28-16)20-19(22(26)33)23-29-18(32)12-24(8-2-9-24)31(23)30-20/h1,3-7,10-11H,2,8-9,12H2,(H2,26,33)(H,29,32). The molecule has 1 aliphatic heterocycles. The van der Waals surface area contributed by atoms with Crippen molar-refractivity contribution in [2.45, 2.75) is 31.2 Å². The molecule has 8 nitrogen and oxygen atoms in total. The van der Waals surface area contributed by atoms with E-state index in [1.807, 2.05) is 18.2 Å². The molecule has 0 atom stereocenters. The number of amides is 2. The van der Waals surface area contributed by atoms with E-state index in [1.54, 1.807) is 16.8 Å². The number of halogens is 1. The summed E-state index contributed by atoms with van der Waals surface area (Å²) in [6.07, 6.45) is 4.49. The Hall–Kier alpha value is -4.14. The Labute approximate surface area is 187 Å². The maximum atomic E-state index is 14.2. The molecule has 0 bridgehead atoms. The number of anilines is 1. The zero-order valence-corrected chi connectivity index (χ0v) is 17.5. The lowest BCUT2D eigenvalue weighted by atomic mass is 9.73. The van der Waals surface area contributed by atoms with E-state index < -0.39 is 17.3 Å². The second kappa shape index (κ2) is 6.93. The molecule has 1 saturated carbocycles. The minimum atomic E-state index is -0.666. The van der Waals surface area contributed by atoms with Crippen LogP contribution in [0, 0.1) is 5.82 Å². The van der Waals surface area contributed by atoms with Gasteiger partial charge in [0.1, 0.15) is 22.8 Å². The molecule has 2 aliphatic rings. The molecule has 164 valence electrons. The van der Waals surface area contributed by atoms with Crippen LogP contribution in [-0.4, -0.2) is 31.6 Å². The minimum Gasteiger partial charge on any atom is -0.365 e. The number of fused-ring (bicyclic) bond motifs is 3. The second-order valence-electron chi connectivity index (χ2n) is 8.59. The number of hydrogen-bond acceptors (Lipinski definition) is 5. The van der Waals surface area contributed by atoms with Crippen molar-refractivity contribution in [1.29, 1.82) is 0 Å². The number of aromatic nitrogens is 4. The number of pyridine rings is 2. The highest BCUT2D eigenvalue weighted by atomic mass is 19.1. The molecule has 1 aromatic carbocycles. The van der Waals surface area contributed by atoms with Crippen LogP contribution < -0.4 is 11.1 Å². The summed E-state index contributed by atoms with van der Waals surface area (Å²) in [5, 5.41) is 8.39. The third-order valence-corrected chi connectivity index (χ3v) is 6.58. The van der Waals surface area contributed by atoms with Crippen molar-refractivity contribution in [1.82, 2.24) is 19.7 Å². The first-order valence-corrected chi connectivity index (χ1v) is 10.7. The summed E-state index contributed by atoms with van der Waals surface area (Å²) in [6.45, 7) is 0. The van der Waals surface area contributed by atoms with Crippen LogP contribution in [-0.2, 0) is 10.3 Å². The molecular weight excluding hydrogens is 423 g/mol. The average molecular weight is 442 g/mol. The summed E-state index contributed by atoms with van der Waals surface area (Å²) < 4.78 is 16.0. The molecule has 0 radical (unpaired) electrons. The average Bonchev–Trinajstić information content (AvgIpc) is 3.17. The fourth-order valence-corrected chi connectivity index (χ4v) is 4.81. The van der Waals surface area contributed by atoms with Crippen LogP contribution in [0.1, 0.15) is 36.0 Å². The van der Waals surface area contributed by atoms with E-state index in [-0.39, 0.29) is 17.2 Å². The summed E-state index contributed by atoms with van der Waals surface area (Å²) in [5.41, 5.74) is 7.70. The number of nitrogens with two attached hydrogens (primary N) is 1. The predicted octanol–water partition coefficient (Wildman–Crippen LogP) is 3.62. The van der Waals surface area contributed by atoms with Crippen LogP contribution in [0.3, 0.4) is 0 Å². The number of hydrogen-bond donors (Lipinski definition) is 2. The Morgan fingerprint density at radius 3 is 2.70 bits per heavy atom. The maximum absolute atomic E-state index is 14.2. The molecule has 2 amide bonds. The van der Waals surface area contributed by atoms with Gasteiger partial charge in [0.15, 0.2) is 5.82 Å². The lowest BCUT2D eigenvalue weighted by Gasteiger charge is -2.44. The highest BCUT2D eigenvalue weighted by molar-refractivity contribution is 6.08. The van der Waals surface area contributed by atoms with Crippen molar-refractivity contribution in [2.75, 3.05) is 5.32 Å². The van der Waals surface area contributed by atoms with Gasteiger partial charge in [-0.15, -0.1) is 0 Å². The van der Waals surface area contributed by atoms with Gasteiger partial charge in [-0.1, -0.05) is 18.2 Å². The lowest BCUT2D eigenvalue weighted by Crippen LogP contribution is -2.48. The quantitative estimate of drug-likeness (QED) is 0.503. The molecule has 1 spiro atoms. The monoisotopic (exact) mass is 442 g/mol. The summed E-state index contributed by atoms with van der Waals surface area (Å²) in [6, 6.07) is 11.9. The van der Waals surface area contributed by atoms with Gasteiger partial charge in [0.25, 0.3) is 5.91 Å². The van der Waals surface area contributed by atoms with Crippen molar-refractivity contribution >= 4 is 28.5 Å². The zero-order valence-electron chi connectivity index (χ0n) is 17.5. The van der Waals surface area contributed by atoms with Crippen LogP contribution >= 0.6 is 0 Å². The first-order valence-electron chi connectivity index (χ1n) is 10.7. The largest absolute Gasteiger partial charge is 0.365 e. The summed E-state index contributed by atoms with van der Waals surface area (Å²) in [4.78, 5) is 33.5. The summed E-state index contributed by atoms with van der Waals surface area (Å²) in [7, 11) is 0. The fraction of sp³-hybridized carbons (Fsp3) is 0.208. The van der Waals surface area contributed by atoms with Crippen LogP contribution in [0.2, 0.25) is 0 Å². The normalized spacial score (nSPS) is 16.3. The molecule has 33 heavy (non-hydrogen) atoms. The molecule has 3 N–H and O–H groups in total. The van der Waals surface area contributed by atoms with Crippen molar-refractivity contribution < 1.29 is 14.0 Å². The Morgan fingerprint density at radius 1 is 1.15 bits per heavy atom. The van der Waals surface area contributed by atoms with E-state index in [1.165, 1.54) is 18.3 Å². The van der Waals surface area contributed by atoms with Gasteiger partial charge in [-0.05, 0) is 43.5 Å². The van der Waals surface area contributed by atoms with E-state index in [0.29, 0.717) is 34.7 Å². The zero-order chi connectivity index (χ0) is 22.7. The van der Waals surface area contributed by atoms with Crippen LogP contribution in [0.25, 0.3) is 33.5 Å². The van der Waals surface area contributed by atoms with Gasteiger partial charge in [0.05, 0.1) is 23.2 Å². The molecule has 4 heterocycles. The highest BCUT2D eigenvalue weighted by Crippen LogP contribution is 2.48. The molecule has 1 aliphatic carbocycles.